The number of hydrogen-bond donors (Lipinski definition) is 3. The minimum Gasteiger partial charge on any atom is -0.508 e. The van der Waals surface area contributed by atoms with Crippen LogP contribution in [0.4, 0.5) is 9.18 Å². The molecule has 1 aromatic rings. The van der Waals surface area contributed by atoms with Crippen LogP contribution < -0.4 is 10.6 Å². The molecule has 1 aromatic carbocycles. The van der Waals surface area contributed by atoms with Crippen molar-refractivity contribution >= 4 is 6.09 Å². The third-order valence-electron chi connectivity index (χ3n) is 2.24. The summed E-state index contributed by atoms with van der Waals surface area (Å²) >= 11 is 0. The van der Waals surface area contributed by atoms with Crippen LogP contribution in [0.25, 0.3) is 0 Å². The zero-order chi connectivity index (χ0) is 15.2. The molecule has 5 nitrogen and oxygen atoms in total. The van der Waals surface area contributed by atoms with Gasteiger partial charge in [-0.15, -0.1) is 0 Å². The van der Waals surface area contributed by atoms with Gasteiger partial charge in [-0.3, -0.25) is 0 Å². The van der Waals surface area contributed by atoms with Gasteiger partial charge < -0.3 is 20.5 Å². The molecule has 1 rings (SSSR count). The number of hydrogen-bond acceptors (Lipinski definition) is 4. The molecule has 0 atom stereocenters. The van der Waals surface area contributed by atoms with E-state index in [2.05, 4.69) is 10.6 Å². The summed E-state index contributed by atoms with van der Waals surface area (Å²) in [6.45, 7) is 6.69. The molecular weight excluding hydrogens is 263 g/mol. The molecule has 0 spiro atoms. The number of aromatic hydroxyl groups is 1. The van der Waals surface area contributed by atoms with Gasteiger partial charge in [-0.25, -0.2) is 9.18 Å². The molecule has 6 heteroatoms. The fraction of sp³-hybridized carbons (Fsp3) is 0.500. The van der Waals surface area contributed by atoms with Crippen LogP contribution in [0.3, 0.4) is 0 Å². The Bertz CT molecular complexity index is 438. The number of ether oxygens (including phenoxy) is 1. The highest BCUT2D eigenvalue weighted by molar-refractivity contribution is 5.67. The predicted molar refractivity (Wildman–Crippen MR) is 74.0 cm³/mol. The summed E-state index contributed by atoms with van der Waals surface area (Å²) in [7, 11) is 0. The maximum Gasteiger partial charge on any atom is 0.407 e. The molecule has 0 heterocycles. The average molecular weight is 284 g/mol. The van der Waals surface area contributed by atoms with Crippen molar-refractivity contribution in [2.45, 2.75) is 32.9 Å². The van der Waals surface area contributed by atoms with Gasteiger partial charge in [0.15, 0.2) is 0 Å². The number of rotatable bonds is 5. The van der Waals surface area contributed by atoms with E-state index >= 15 is 0 Å². The second-order valence-electron chi connectivity index (χ2n) is 5.42. The third kappa shape index (κ3) is 6.94. The molecule has 0 aliphatic rings. The van der Waals surface area contributed by atoms with Gasteiger partial charge in [0, 0.05) is 25.7 Å². The summed E-state index contributed by atoms with van der Waals surface area (Å²) in [6.07, 6.45) is -0.470. The quantitative estimate of drug-likeness (QED) is 0.725. The van der Waals surface area contributed by atoms with E-state index in [4.69, 9.17) is 4.74 Å². The Morgan fingerprint density at radius 3 is 2.60 bits per heavy atom. The van der Waals surface area contributed by atoms with E-state index in [1.165, 1.54) is 12.1 Å². The number of carbonyl (C=O) groups is 1. The Morgan fingerprint density at radius 1 is 1.30 bits per heavy atom. The summed E-state index contributed by atoms with van der Waals surface area (Å²) in [6, 6.07) is 3.87. The Hall–Kier alpha value is -1.82. The SMILES string of the molecule is CC(C)(C)OC(=O)NCCNCc1cc(O)cc(F)c1. The smallest absolute Gasteiger partial charge is 0.407 e. The van der Waals surface area contributed by atoms with Crippen molar-refractivity contribution in [3.8, 4) is 5.75 Å². The van der Waals surface area contributed by atoms with Crippen molar-refractivity contribution < 1.29 is 19.0 Å². The Kier molecular flexibility index (Phi) is 5.76. The summed E-state index contributed by atoms with van der Waals surface area (Å²) < 4.78 is 18.1. The Labute approximate surface area is 118 Å². The van der Waals surface area contributed by atoms with E-state index in [9.17, 15) is 14.3 Å². The molecule has 0 aliphatic heterocycles. The van der Waals surface area contributed by atoms with Gasteiger partial charge in [0.25, 0.3) is 0 Å². The third-order valence-corrected chi connectivity index (χ3v) is 2.24. The van der Waals surface area contributed by atoms with E-state index in [-0.39, 0.29) is 5.75 Å². The Morgan fingerprint density at radius 2 is 2.00 bits per heavy atom. The van der Waals surface area contributed by atoms with Crippen LogP contribution in [0, 0.1) is 5.82 Å². The van der Waals surface area contributed by atoms with Crippen LogP contribution in [-0.2, 0) is 11.3 Å². The number of nitrogens with one attached hydrogen (secondary N) is 2. The second-order valence-corrected chi connectivity index (χ2v) is 5.42. The second kappa shape index (κ2) is 7.09. The van der Waals surface area contributed by atoms with Crippen LogP contribution in [0.5, 0.6) is 5.75 Å². The number of benzene rings is 1. The van der Waals surface area contributed by atoms with Crippen LogP contribution in [0.1, 0.15) is 26.3 Å². The van der Waals surface area contributed by atoms with E-state index in [0.717, 1.165) is 6.07 Å². The molecule has 112 valence electrons. The van der Waals surface area contributed by atoms with Crippen LogP contribution in [0.2, 0.25) is 0 Å². The number of carbonyl (C=O) groups excluding carboxylic acids is 1. The van der Waals surface area contributed by atoms with Gasteiger partial charge in [0.05, 0.1) is 0 Å². The maximum atomic E-state index is 13.0. The summed E-state index contributed by atoms with van der Waals surface area (Å²) in [4.78, 5) is 11.3. The first-order valence-corrected chi connectivity index (χ1v) is 6.42. The van der Waals surface area contributed by atoms with Gasteiger partial charge in [0.1, 0.15) is 17.2 Å². The van der Waals surface area contributed by atoms with Gasteiger partial charge in [0.2, 0.25) is 0 Å². The molecule has 1 amide bonds. The summed E-state index contributed by atoms with van der Waals surface area (Å²) in [5, 5.41) is 14.9. The summed E-state index contributed by atoms with van der Waals surface area (Å²) in [5.74, 6) is -0.581. The van der Waals surface area contributed by atoms with Crippen molar-refractivity contribution in [2.75, 3.05) is 13.1 Å². The number of alkyl carbamates (subject to hydrolysis) is 1. The van der Waals surface area contributed by atoms with Crippen molar-refractivity contribution in [3.05, 3.63) is 29.6 Å². The van der Waals surface area contributed by atoms with Gasteiger partial charge >= 0.3 is 6.09 Å². The predicted octanol–water partition coefficient (Wildman–Crippen LogP) is 2.15. The van der Waals surface area contributed by atoms with Crippen molar-refractivity contribution in [1.82, 2.24) is 10.6 Å². The molecule has 3 N–H and O–H groups in total. The van der Waals surface area contributed by atoms with Crippen molar-refractivity contribution in [1.29, 1.82) is 0 Å². The normalized spacial score (nSPS) is 11.2. The molecule has 0 saturated carbocycles. The zero-order valence-electron chi connectivity index (χ0n) is 12.0. The first kappa shape index (κ1) is 16.2. The first-order valence-electron chi connectivity index (χ1n) is 6.42. The minimum absolute atomic E-state index is 0.103. The fourth-order valence-electron chi connectivity index (χ4n) is 1.54. The molecule has 0 aliphatic carbocycles. The van der Waals surface area contributed by atoms with Crippen molar-refractivity contribution in [3.63, 3.8) is 0 Å². The summed E-state index contributed by atoms with van der Waals surface area (Å²) in [5.41, 5.74) is 0.121. The monoisotopic (exact) mass is 284 g/mol. The first-order chi connectivity index (χ1) is 9.26. The van der Waals surface area contributed by atoms with Crippen LogP contribution in [0.15, 0.2) is 18.2 Å². The lowest BCUT2D eigenvalue weighted by Gasteiger charge is -2.19. The van der Waals surface area contributed by atoms with Crippen molar-refractivity contribution in [2.24, 2.45) is 0 Å². The minimum atomic E-state index is -0.517. The number of phenols is 1. The molecule has 0 bridgehead atoms. The van der Waals surface area contributed by atoms with Crippen LogP contribution in [-0.4, -0.2) is 29.9 Å². The van der Waals surface area contributed by atoms with E-state index < -0.39 is 17.5 Å². The van der Waals surface area contributed by atoms with E-state index in [1.807, 2.05) is 0 Å². The number of phenolic OH excluding ortho intramolecular Hbond substituents is 1. The lowest BCUT2D eigenvalue weighted by molar-refractivity contribution is 0.0528. The molecule has 0 unspecified atom stereocenters. The standard InChI is InChI=1S/C14H21FN2O3/c1-14(2,3)20-13(19)17-5-4-16-9-10-6-11(15)8-12(18)7-10/h6-8,16,18H,4-5,9H2,1-3H3,(H,17,19). The Balaban J connectivity index is 2.20. The van der Waals surface area contributed by atoms with Gasteiger partial charge in [-0.05, 0) is 38.5 Å². The highest BCUT2D eigenvalue weighted by atomic mass is 19.1. The molecule has 0 radical (unpaired) electrons. The maximum absolute atomic E-state index is 13.0. The molecular formula is C14H21FN2O3. The molecule has 0 fully saturated rings. The van der Waals surface area contributed by atoms with E-state index in [0.29, 0.717) is 25.2 Å². The number of halogens is 1. The molecule has 0 aromatic heterocycles. The molecule has 20 heavy (non-hydrogen) atoms. The largest absolute Gasteiger partial charge is 0.508 e. The lowest BCUT2D eigenvalue weighted by atomic mass is 10.2. The highest BCUT2D eigenvalue weighted by Gasteiger charge is 2.15. The van der Waals surface area contributed by atoms with Crippen LogP contribution >= 0.6 is 0 Å². The molecule has 0 saturated heterocycles. The fourth-order valence-corrected chi connectivity index (χ4v) is 1.54. The highest BCUT2D eigenvalue weighted by Crippen LogP contribution is 2.14. The van der Waals surface area contributed by atoms with Gasteiger partial charge in [-0.1, -0.05) is 0 Å². The topological polar surface area (TPSA) is 70.6 Å². The average Bonchev–Trinajstić information content (AvgIpc) is 2.24. The number of amides is 1. The van der Waals surface area contributed by atoms with E-state index in [1.54, 1.807) is 20.8 Å². The zero-order valence-corrected chi connectivity index (χ0v) is 12.0. The van der Waals surface area contributed by atoms with Gasteiger partial charge in [-0.2, -0.15) is 0 Å². The lowest BCUT2D eigenvalue weighted by Crippen LogP contribution is -2.36.